The molecular weight excluding hydrogens is 318 g/mol. The van der Waals surface area contributed by atoms with Gasteiger partial charge >= 0.3 is 6.09 Å². The minimum absolute atomic E-state index is 0.0677. The van der Waals surface area contributed by atoms with Gasteiger partial charge in [0.1, 0.15) is 12.1 Å². The van der Waals surface area contributed by atoms with Crippen molar-refractivity contribution in [3.05, 3.63) is 29.8 Å². The van der Waals surface area contributed by atoms with Crippen molar-refractivity contribution in [2.45, 2.75) is 56.1 Å². The number of carbonyl (C=O) groups is 2. The lowest BCUT2D eigenvalue weighted by atomic mass is 9.80. The number of hydrogen-bond acceptors (Lipinski definition) is 4. The van der Waals surface area contributed by atoms with Crippen LogP contribution in [0.25, 0.3) is 0 Å². The number of likely N-dealkylation sites (tertiary alicyclic amines) is 1. The first-order valence-corrected chi connectivity index (χ1v) is 8.92. The van der Waals surface area contributed by atoms with Gasteiger partial charge < -0.3 is 10.1 Å². The molecule has 6 heteroatoms. The number of nitrogens with one attached hydrogen (secondary N) is 1. The average Bonchev–Trinajstić information content (AvgIpc) is 3.16. The first kappa shape index (κ1) is 15.9. The van der Waals surface area contributed by atoms with E-state index in [2.05, 4.69) is 11.4 Å². The van der Waals surface area contributed by atoms with E-state index in [1.807, 2.05) is 24.3 Å². The molecule has 2 heterocycles. The Labute approximate surface area is 146 Å². The van der Waals surface area contributed by atoms with Gasteiger partial charge in [-0.1, -0.05) is 24.6 Å². The minimum Gasteiger partial charge on any atom is -0.446 e. The molecule has 0 radical (unpaired) electrons. The number of fused-ring (bicyclic) bond motifs is 2. The maximum absolute atomic E-state index is 12.7. The predicted molar refractivity (Wildman–Crippen MR) is 90.8 cm³/mol. The van der Waals surface area contributed by atoms with E-state index in [1.165, 1.54) is 11.3 Å². The molecule has 1 aromatic carbocycles. The zero-order valence-corrected chi connectivity index (χ0v) is 14.0. The Morgan fingerprint density at radius 1 is 1.28 bits per heavy atom. The minimum atomic E-state index is -0.845. The second kappa shape index (κ2) is 6.07. The SMILES string of the molecule is N#C[C@@H]1C[C@@]2(CN1C(=O)OC1CCCCC1)C(=O)Nc1ccccc12. The van der Waals surface area contributed by atoms with Crippen molar-refractivity contribution >= 4 is 17.7 Å². The van der Waals surface area contributed by atoms with Gasteiger partial charge in [0.15, 0.2) is 0 Å². The van der Waals surface area contributed by atoms with Crippen LogP contribution in [0.1, 0.15) is 44.1 Å². The van der Waals surface area contributed by atoms with E-state index in [0.29, 0.717) is 6.42 Å². The quantitative estimate of drug-likeness (QED) is 0.853. The number of rotatable bonds is 1. The maximum Gasteiger partial charge on any atom is 0.411 e. The van der Waals surface area contributed by atoms with E-state index in [-0.39, 0.29) is 18.6 Å². The monoisotopic (exact) mass is 339 g/mol. The molecule has 3 aliphatic rings. The summed E-state index contributed by atoms with van der Waals surface area (Å²) in [5, 5.41) is 12.4. The van der Waals surface area contributed by atoms with E-state index in [0.717, 1.165) is 36.9 Å². The van der Waals surface area contributed by atoms with Crippen LogP contribution < -0.4 is 5.32 Å². The zero-order chi connectivity index (χ0) is 17.4. The molecule has 1 aromatic rings. The van der Waals surface area contributed by atoms with Gasteiger partial charge in [0, 0.05) is 18.7 Å². The third kappa shape index (κ3) is 2.55. The molecule has 0 bridgehead atoms. The van der Waals surface area contributed by atoms with E-state index in [4.69, 9.17) is 4.74 Å². The third-order valence-electron chi connectivity index (χ3n) is 5.69. The van der Waals surface area contributed by atoms with Crippen molar-refractivity contribution in [1.82, 2.24) is 4.90 Å². The van der Waals surface area contributed by atoms with E-state index >= 15 is 0 Å². The number of nitrogens with zero attached hydrogens (tertiary/aromatic N) is 2. The molecule has 4 rings (SSSR count). The first-order chi connectivity index (χ1) is 12.1. The molecule has 1 spiro atoms. The fourth-order valence-corrected chi connectivity index (χ4v) is 4.34. The number of ether oxygens (including phenoxy) is 1. The Morgan fingerprint density at radius 2 is 2.04 bits per heavy atom. The van der Waals surface area contributed by atoms with E-state index in [1.54, 1.807) is 0 Å². The Bertz CT molecular complexity index is 751. The van der Waals surface area contributed by atoms with Crippen molar-refractivity contribution in [2.24, 2.45) is 0 Å². The van der Waals surface area contributed by atoms with Gasteiger partial charge in [-0.15, -0.1) is 0 Å². The molecule has 6 nitrogen and oxygen atoms in total. The Balaban J connectivity index is 1.58. The van der Waals surface area contributed by atoms with Crippen molar-refractivity contribution in [3.8, 4) is 6.07 Å². The lowest BCUT2D eigenvalue weighted by Crippen LogP contribution is -2.41. The summed E-state index contributed by atoms with van der Waals surface area (Å²) in [4.78, 5) is 26.8. The van der Waals surface area contributed by atoms with Crippen molar-refractivity contribution in [1.29, 1.82) is 5.26 Å². The summed E-state index contributed by atoms with van der Waals surface area (Å²) in [6, 6.07) is 9.03. The molecule has 2 fully saturated rings. The predicted octanol–water partition coefficient (Wildman–Crippen LogP) is 2.94. The van der Waals surface area contributed by atoms with Crippen LogP contribution in [0.2, 0.25) is 0 Å². The molecule has 0 unspecified atom stereocenters. The average molecular weight is 339 g/mol. The van der Waals surface area contributed by atoms with E-state index in [9.17, 15) is 14.9 Å². The van der Waals surface area contributed by atoms with E-state index < -0.39 is 17.6 Å². The molecule has 0 aromatic heterocycles. The highest BCUT2D eigenvalue weighted by molar-refractivity contribution is 6.07. The summed E-state index contributed by atoms with van der Waals surface area (Å²) in [5.74, 6) is -0.137. The van der Waals surface area contributed by atoms with Crippen LogP contribution in [-0.2, 0) is 14.9 Å². The number of nitriles is 1. The largest absolute Gasteiger partial charge is 0.446 e. The van der Waals surface area contributed by atoms with Gasteiger partial charge in [-0.2, -0.15) is 5.26 Å². The lowest BCUT2D eigenvalue weighted by molar-refractivity contribution is -0.120. The fourth-order valence-electron chi connectivity index (χ4n) is 4.34. The van der Waals surface area contributed by atoms with Crippen LogP contribution in [0.5, 0.6) is 0 Å². The summed E-state index contributed by atoms with van der Waals surface area (Å²) in [5.41, 5.74) is 0.794. The highest BCUT2D eigenvalue weighted by atomic mass is 16.6. The van der Waals surface area contributed by atoms with Crippen LogP contribution in [0.3, 0.4) is 0 Å². The molecule has 2 aliphatic heterocycles. The second-order valence-electron chi connectivity index (χ2n) is 7.20. The summed E-state index contributed by atoms with van der Waals surface area (Å²) >= 11 is 0. The van der Waals surface area contributed by atoms with Gasteiger partial charge in [-0.3, -0.25) is 9.69 Å². The highest BCUT2D eigenvalue weighted by Gasteiger charge is 2.56. The number of amides is 2. The van der Waals surface area contributed by atoms with Crippen LogP contribution in [0, 0.1) is 11.3 Å². The molecule has 1 N–H and O–H groups in total. The van der Waals surface area contributed by atoms with Crippen molar-refractivity contribution in [3.63, 3.8) is 0 Å². The second-order valence-corrected chi connectivity index (χ2v) is 7.20. The molecule has 2 amide bonds. The van der Waals surface area contributed by atoms with Gasteiger partial charge in [0.25, 0.3) is 0 Å². The number of benzene rings is 1. The van der Waals surface area contributed by atoms with Gasteiger partial charge in [-0.25, -0.2) is 4.79 Å². The molecule has 2 atom stereocenters. The van der Waals surface area contributed by atoms with Gasteiger partial charge in [-0.05, 0) is 37.3 Å². The van der Waals surface area contributed by atoms with Crippen LogP contribution in [0.15, 0.2) is 24.3 Å². The Hall–Kier alpha value is -2.55. The Kier molecular flexibility index (Phi) is 3.87. The zero-order valence-electron chi connectivity index (χ0n) is 14.0. The van der Waals surface area contributed by atoms with Gasteiger partial charge in [0.05, 0.1) is 11.5 Å². The standard InChI is InChI=1S/C19H21N3O3/c20-11-13-10-19(15-8-4-5-9-16(15)21-17(19)23)12-22(13)18(24)25-14-6-2-1-3-7-14/h4-5,8-9,13-14H,1-3,6-7,10,12H2,(H,21,23)/t13-,19-/m0/s1. The third-order valence-corrected chi connectivity index (χ3v) is 5.69. The molecule has 130 valence electrons. The van der Waals surface area contributed by atoms with Crippen LogP contribution in [-0.4, -0.2) is 35.6 Å². The van der Waals surface area contributed by atoms with Crippen molar-refractivity contribution in [2.75, 3.05) is 11.9 Å². The van der Waals surface area contributed by atoms with Crippen LogP contribution >= 0.6 is 0 Å². The first-order valence-electron chi connectivity index (χ1n) is 8.92. The highest BCUT2D eigenvalue weighted by Crippen LogP contribution is 2.46. The number of anilines is 1. The number of hydrogen-bond donors (Lipinski definition) is 1. The molecule has 25 heavy (non-hydrogen) atoms. The molecule has 1 saturated carbocycles. The summed E-state index contributed by atoms with van der Waals surface area (Å²) in [6.07, 6.45) is 4.86. The smallest absolute Gasteiger partial charge is 0.411 e. The van der Waals surface area contributed by atoms with Crippen molar-refractivity contribution < 1.29 is 14.3 Å². The number of carbonyl (C=O) groups excluding carboxylic acids is 2. The molecular formula is C19H21N3O3. The summed E-state index contributed by atoms with van der Waals surface area (Å²) < 4.78 is 5.64. The molecule has 1 aliphatic carbocycles. The molecule has 1 saturated heterocycles. The van der Waals surface area contributed by atoms with Gasteiger partial charge in [0.2, 0.25) is 5.91 Å². The topological polar surface area (TPSA) is 82.4 Å². The lowest BCUT2D eigenvalue weighted by Gasteiger charge is -2.27. The maximum atomic E-state index is 12.7. The number of para-hydroxylation sites is 1. The normalized spacial score (nSPS) is 28.5. The summed E-state index contributed by atoms with van der Waals surface area (Å²) in [6.45, 7) is 0.194. The van der Waals surface area contributed by atoms with Crippen LogP contribution in [0.4, 0.5) is 10.5 Å². The Morgan fingerprint density at radius 3 is 2.80 bits per heavy atom. The fraction of sp³-hybridized carbons (Fsp3) is 0.526. The summed E-state index contributed by atoms with van der Waals surface area (Å²) in [7, 11) is 0.